The average Bonchev–Trinajstić information content (AvgIpc) is 3.16. The van der Waals surface area contributed by atoms with Crippen molar-refractivity contribution in [1.82, 2.24) is 4.90 Å². The fraction of sp³-hybridized carbons (Fsp3) is 0.688. The molecular formula is C16H23NO4. The number of furan rings is 1. The van der Waals surface area contributed by atoms with Crippen LogP contribution in [0, 0.1) is 6.92 Å². The Morgan fingerprint density at radius 3 is 3.00 bits per heavy atom. The fourth-order valence-electron chi connectivity index (χ4n) is 3.07. The van der Waals surface area contributed by atoms with Crippen LogP contribution in [0.5, 0.6) is 0 Å². The van der Waals surface area contributed by atoms with E-state index in [0.29, 0.717) is 26.2 Å². The standard InChI is InChI=1S/C16H23NO4/c1-12-4-6-15(21-12)14-11-19-10-8-17(14)16(18)7-5-13-3-2-9-20-13/h4,6,13-14H,2-3,5,7-11H2,1H3/t13-,14-/m0/s1. The lowest BCUT2D eigenvalue weighted by atomic mass is 10.1. The van der Waals surface area contributed by atoms with Crippen molar-refractivity contribution in [2.75, 3.05) is 26.4 Å². The van der Waals surface area contributed by atoms with Gasteiger partial charge < -0.3 is 18.8 Å². The van der Waals surface area contributed by atoms with Gasteiger partial charge >= 0.3 is 0 Å². The topological polar surface area (TPSA) is 51.9 Å². The minimum atomic E-state index is -0.0931. The van der Waals surface area contributed by atoms with Gasteiger partial charge in [-0.2, -0.15) is 0 Å². The summed E-state index contributed by atoms with van der Waals surface area (Å²) in [5.74, 6) is 1.85. The number of morpholine rings is 1. The maximum Gasteiger partial charge on any atom is 0.223 e. The number of rotatable bonds is 4. The lowest BCUT2D eigenvalue weighted by Gasteiger charge is -2.34. The largest absolute Gasteiger partial charge is 0.464 e. The molecule has 0 aliphatic carbocycles. The smallest absolute Gasteiger partial charge is 0.223 e. The Bertz CT molecular complexity index is 478. The highest BCUT2D eigenvalue weighted by Gasteiger charge is 2.31. The molecular weight excluding hydrogens is 270 g/mol. The van der Waals surface area contributed by atoms with Gasteiger partial charge in [-0.15, -0.1) is 0 Å². The summed E-state index contributed by atoms with van der Waals surface area (Å²) in [6, 6.07) is 3.78. The highest BCUT2D eigenvalue weighted by molar-refractivity contribution is 5.76. The van der Waals surface area contributed by atoms with Crippen molar-refractivity contribution in [2.45, 2.75) is 44.8 Å². The Kier molecular flexibility index (Phi) is 4.60. The summed E-state index contributed by atoms with van der Waals surface area (Å²) in [5, 5.41) is 0. The van der Waals surface area contributed by atoms with Gasteiger partial charge in [0.05, 0.1) is 19.3 Å². The van der Waals surface area contributed by atoms with Crippen LogP contribution in [0.3, 0.4) is 0 Å². The molecule has 5 nitrogen and oxygen atoms in total. The molecule has 2 aliphatic rings. The summed E-state index contributed by atoms with van der Waals surface area (Å²) in [5.41, 5.74) is 0. The summed E-state index contributed by atoms with van der Waals surface area (Å²) >= 11 is 0. The van der Waals surface area contributed by atoms with Gasteiger partial charge in [-0.1, -0.05) is 0 Å². The van der Waals surface area contributed by atoms with E-state index in [9.17, 15) is 4.79 Å². The molecule has 3 rings (SSSR count). The molecule has 0 spiro atoms. The predicted molar refractivity (Wildman–Crippen MR) is 76.9 cm³/mol. The molecule has 0 aromatic carbocycles. The normalized spacial score (nSPS) is 26.2. The molecule has 2 saturated heterocycles. The molecule has 1 aromatic heterocycles. The highest BCUT2D eigenvalue weighted by Crippen LogP contribution is 2.27. The lowest BCUT2D eigenvalue weighted by Crippen LogP contribution is -2.43. The fourth-order valence-corrected chi connectivity index (χ4v) is 3.07. The van der Waals surface area contributed by atoms with Crippen LogP contribution in [0.4, 0.5) is 0 Å². The number of carbonyl (C=O) groups excluding carboxylic acids is 1. The Hall–Kier alpha value is -1.33. The number of hydrogen-bond donors (Lipinski definition) is 0. The van der Waals surface area contributed by atoms with E-state index in [-0.39, 0.29) is 18.1 Å². The Morgan fingerprint density at radius 1 is 1.38 bits per heavy atom. The first kappa shape index (κ1) is 14.6. The van der Waals surface area contributed by atoms with E-state index >= 15 is 0 Å². The molecule has 21 heavy (non-hydrogen) atoms. The Balaban J connectivity index is 1.61. The predicted octanol–water partition coefficient (Wildman–Crippen LogP) is 2.45. The third-order valence-electron chi connectivity index (χ3n) is 4.24. The number of nitrogens with zero attached hydrogens (tertiary/aromatic N) is 1. The van der Waals surface area contributed by atoms with Crippen molar-refractivity contribution in [3.05, 3.63) is 23.7 Å². The van der Waals surface area contributed by atoms with E-state index < -0.39 is 0 Å². The molecule has 0 radical (unpaired) electrons. The Labute approximate surface area is 125 Å². The monoisotopic (exact) mass is 293 g/mol. The number of carbonyl (C=O) groups is 1. The van der Waals surface area contributed by atoms with E-state index in [0.717, 1.165) is 37.4 Å². The second kappa shape index (κ2) is 6.62. The van der Waals surface area contributed by atoms with E-state index in [1.54, 1.807) is 0 Å². The van der Waals surface area contributed by atoms with Gasteiger partial charge in [0.2, 0.25) is 5.91 Å². The second-order valence-corrected chi connectivity index (χ2v) is 5.80. The molecule has 0 saturated carbocycles. The van der Waals surface area contributed by atoms with Gasteiger partial charge in [-0.05, 0) is 38.3 Å². The first-order chi connectivity index (χ1) is 10.2. The first-order valence-corrected chi connectivity index (χ1v) is 7.79. The van der Waals surface area contributed by atoms with Crippen LogP contribution in [0.15, 0.2) is 16.5 Å². The van der Waals surface area contributed by atoms with Crippen LogP contribution < -0.4 is 0 Å². The van der Waals surface area contributed by atoms with Crippen molar-refractivity contribution in [3.8, 4) is 0 Å². The van der Waals surface area contributed by atoms with Gasteiger partial charge in [0.25, 0.3) is 0 Å². The lowest BCUT2D eigenvalue weighted by molar-refractivity contribution is -0.141. The van der Waals surface area contributed by atoms with Crippen LogP contribution in [-0.4, -0.2) is 43.3 Å². The van der Waals surface area contributed by atoms with Crippen LogP contribution in [0.25, 0.3) is 0 Å². The molecule has 0 bridgehead atoms. The quantitative estimate of drug-likeness (QED) is 0.855. The van der Waals surface area contributed by atoms with E-state index in [1.165, 1.54) is 0 Å². The average molecular weight is 293 g/mol. The summed E-state index contributed by atoms with van der Waals surface area (Å²) in [7, 11) is 0. The molecule has 3 heterocycles. The summed E-state index contributed by atoms with van der Waals surface area (Å²) in [4.78, 5) is 14.4. The zero-order valence-corrected chi connectivity index (χ0v) is 12.5. The molecule has 1 aromatic rings. The van der Waals surface area contributed by atoms with E-state index in [2.05, 4.69) is 0 Å². The Morgan fingerprint density at radius 2 is 2.29 bits per heavy atom. The van der Waals surface area contributed by atoms with Crippen LogP contribution in [0.2, 0.25) is 0 Å². The van der Waals surface area contributed by atoms with Crippen LogP contribution in [0.1, 0.15) is 43.2 Å². The van der Waals surface area contributed by atoms with Crippen molar-refractivity contribution in [3.63, 3.8) is 0 Å². The maximum absolute atomic E-state index is 12.5. The minimum Gasteiger partial charge on any atom is -0.464 e. The summed E-state index contributed by atoms with van der Waals surface area (Å²) in [6.45, 7) is 4.50. The molecule has 2 fully saturated rings. The van der Waals surface area contributed by atoms with Crippen molar-refractivity contribution < 1.29 is 18.7 Å². The molecule has 2 aliphatic heterocycles. The molecule has 0 unspecified atom stereocenters. The van der Waals surface area contributed by atoms with E-state index in [1.807, 2.05) is 24.0 Å². The molecule has 2 atom stereocenters. The second-order valence-electron chi connectivity index (χ2n) is 5.80. The van der Waals surface area contributed by atoms with Crippen molar-refractivity contribution in [2.24, 2.45) is 0 Å². The summed E-state index contributed by atoms with van der Waals surface area (Å²) in [6.07, 6.45) is 3.82. The number of ether oxygens (including phenoxy) is 2. The third-order valence-corrected chi connectivity index (χ3v) is 4.24. The maximum atomic E-state index is 12.5. The zero-order valence-electron chi connectivity index (χ0n) is 12.5. The van der Waals surface area contributed by atoms with E-state index in [4.69, 9.17) is 13.9 Å². The molecule has 116 valence electrons. The number of hydrogen-bond acceptors (Lipinski definition) is 4. The van der Waals surface area contributed by atoms with Crippen LogP contribution in [-0.2, 0) is 14.3 Å². The van der Waals surface area contributed by atoms with Gasteiger partial charge in [0.1, 0.15) is 17.6 Å². The van der Waals surface area contributed by atoms with Gasteiger partial charge in [0.15, 0.2) is 0 Å². The highest BCUT2D eigenvalue weighted by atomic mass is 16.5. The summed E-state index contributed by atoms with van der Waals surface area (Å²) < 4.78 is 16.8. The minimum absolute atomic E-state index is 0.0931. The van der Waals surface area contributed by atoms with Gasteiger partial charge in [-0.25, -0.2) is 0 Å². The zero-order chi connectivity index (χ0) is 14.7. The van der Waals surface area contributed by atoms with Crippen molar-refractivity contribution in [1.29, 1.82) is 0 Å². The van der Waals surface area contributed by atoms with Gasteiger partial charge in [0, 0.05) is 19.6 Å². The molecule has 0 N–H and O–H groups in total. The molecule has 5 heteroatoms. The number of amides is 1. The number of aryl methyl sites for hydroxylation is 1. The SMILES string of the molecule is Cc1ccc([C@@H]2COCCN2C(=O)CC[C@@H]2CCCO2)o1. The third kappa shape index (κ3) is 3.47. The van der Waals surface area contributed by atoms with Gasteiger partial charge in [-0.3, -0.25) is 4.79 Å². The van der Waals surface area contributed by atoms with Crippen LogP contribution >= 0.6 is 0 Å². The molecule has 1 amide bonds. The van der Waals surface area contributed by atoms with Crippen molar-refractivity contribution >= 4 is 5.91 Å². The first-order valence-electron chi connectivity index (χ1n) is 7.79.